The molecule has 0 fully saturated rings. The number of nitrogens with zero attached hydrogens (tertiary/aromatic N) is 2. The first-order valence-corrected chi connectivity index (χ1v) is 2.23. The molecule has 0 radical (unpaired) electrons. The highest BCUT2D eigenvalue weighted by molar-refractivity contribution is 5.67. The Labute approximate surface area is 52.6 Å². The molecule has 1 N–H and O–H groups in total. The van der Waals surface area contributed by atoms with Crippen LogP contribution in [-0.2, 0) is 0 Å². The molecule has 0 atom stereocenters. The molecule has 48 valence electrons. The van der Waals surface area contributed by atoms with Crippen LogP contribution >= 0.6 is 0 Å². The monoisotopic (exact) mass is 126 g/mol. The van der Waals surface area contributed by atoms with Gasteiger partial charge < -0.3 is 5.11 Å². The standard InChI is InChI=1S/C5H6N2O2/c1-2-3-7(4-6)5(8)9/h2H,1,3H2,(H,8,9). The lowest BCUT2D eigenvalue weighted by atomic mass is 10.6. The second-order valence-electron chi connectivity index (χ2n) is 1.28. The SMILES string of the molecule is C=CCN(C#N)C(=O)O. The van der Waals surface area contributed by atoms with Crippen LogP contribution in [0.3, 0.4) is 0 Å². The first kappa shape index (κ1) is 7.50. The van der Waals surface area contributed by atoms with Gasteiger partial charge in [0, 0.05) is 0 Å². The molecule has 0 spiro atoms. The average Bonchev–Trinajstić information content (AvgIpc) is 1.82. The predicted octanol–water partition coefficient (Wildman–Crippen LogP) is 0.633. The lowest BCUT2D eigenvalue weighted by Gasteiger charge is -2.02. The number of amides is 1. The highest BCUT2D eigenvalue weighted by Gasteiger charge is 2.05. The Hall–Kier alpha value is -1.50. The van der Waals surface area contributed by atoms with Gasteiger partial charge in [0.1, 0.15) is 0 Å². The molecule has 0 saturated carbocycles. The molecule has 0 rings (SSSR count). The normalized spacial score (nSPS) is 7.44. The van der Waals surface area contributed by atoms with Crippen molar-refractivity contribution in [3.05, 3.63) is 12.7 Å². The highest BCUT2D eigenvalue weighted by atomic mass is 16.4. The van der Waals surface area contributed by atoms with Gasteiger partial charge in [-0.15, -0.1) is 6.58 Å². The lowest BCUT2D eigenvalue weighted by Crippen LogP contribution is -2.23. The van der Waals surface area contributed by atoms with Gasteiger partial charge in [0.2, 0.25) is 0 Å². The molecule has 0 aliphatic rings. The highest BCUT2D eigenvalue weighted by Crippen LogP contribution is 1.84. The molecular weight excluding hydrogens is 120 g/mol. The molecule has 4 heteroatoms. The molecule has 0 aromatic rings. The van der Waals surface area contributed by atoms with Crippen LogP contribution < -0.4 is 0 Å². The number of hydrogen-bond acceptors (Lipinski definition) is 2. The van der Waals surface area contributed by atoms with Crippen LogP contribution in [0.15, 0.2) is 12.7 Å². The van der Waals surface area contributed by atoms with Crippen LogP contribution in [0, 0.1) is 11.5 Å². The number of nitriles is 1. The van der Waals surface area contributed by atoms with Gasteiger partial charge in [-0.1, -0.05) is 6.08 Å². The molecule has 0 saturated heterocycles. The van der Waals surface area contributed by atoms with Crippen LogP contribution in [0.25, 0.3) is 0 Å². The van der Waals surface area contributed by atoms with Gasteiger partial charge in [0.15, 0.2) is 6.19 Å². The molecule has 1 amide bonds. The Balaban J connectivity index is 3.86. The molecule has 9 heavy (non-hydrogen) atoms. The Bertz CT molecular complexity index is 159. The van der Waals surface area contributed by atoms with E-state index < -0.39 is 6.09 Å². The summed E-state index contributed by atoms with van der Waals surface area (Å²) in [7, 11) is 0. The second kappa shape index (κ2) is 3.50. The molecule has 0 aliphatic heterocycles. The van der Waals surface area contributed by atoms with Gasteiger partial charge in [0.25, 0.3) is 0 Å². The van der Waals surface area contributed by atoms with E-state index in [1.54, 1.807) is 0 Å². The van der Waals surface area contributed by atoms with Crippen molar-refractivity contribution in [2.75, 3.05) is 6.54 Å². The van der Waals surface area contributed by atoms with E-state index in [2.05, 4.69) is 6.58 Å². The second-order valence-corrected chi connectivity index (χ2v) is 1.28. The van der Waals surface area contributed by atoms with E-state index in [9.17, 15) is 4.79 Å². The molecular formula is C5H6N2O2. The molecule has 4 nitrogen and oxygen atoms in total. The van der Waals surface area contributed by atoms with Gasteiger partial charge in [-0.25, -0.2) is 9.69 Å². The minimum absolute atomic E-state index is 0.0475. The van der Waals surface area contributed by atoms with Crippen molar-refractivity contribution in [2.24, 2.45) is 0 Å². The Morgan fingerprint density at radius 2 is 2.56 bits per heavy atom. The fourth-order valence-corrected chi connectivity index (χ4v) is 0.291. The van der Waals surface area contributed by atoms with Gasteiger partial charge >= 0.3 is 6.09 Å². The molecule has 0 heterocycles. The summed E-state index contributed by atoms with van der Waals surface area (Å²) in [4.78, 5) is 10.6. The maximum atomic E-state index is 9.98. The van der Waals surface area contributed by atoms with E-state index in [4.69, 9.17) is 10.4 Å². The summed E-state index contributed by atoms with van der Waals surface area (Å²) in [5.41, 5.74) is 0. The van der Waals surface area contributed by atoms with Crippen molar-refractivity contribution >= 4 is 6.09 Å². The van der Waals surface area contributed by atoms with E-state index in [1.165, 1.54) is 12.3 Å². The third-order valence-electron chi connectivity index (χ3n) is 0.663. The smallest absolute Gasteiger partial charge is 0.420 e. The van der Waals surface area contributed by atoms with Crippen molar-refractivity contribution in [1.29, 1.82) is 5.26 Å². The van der Waals surface area contributed by atoms with Crippen molar-refractivity contribution in [2.45, 2.75) is 0 Å². The van der Waals surface area contributed by atoms with Crippen LogP contribution in [0.1, 0.15) is 0 Å². The van der Waals surface area contributed by atoms with Crippen LogP contribution in [0.2, 0.25) is 0 Å². The van der Waals surface area contributed by atoms with Crippen LogP contribution in [-0.4, -0.2) is 22.6 Å². The van der Waals surface area contributed by atoms with Gasteiger partial charge in [-0.3, -0.25) is 0 Å². The molecule has 0 bridgehead atoms. The fraction of sp³-hybridized carbons (Fsp3) is 0.200. The number of carbonyl (C=O) groups is 1. The summed E-state index contributed by atoms with van der Waals surface area (Å²) in [6, 6.07) is 0. The van der Waals surface area contributed by atoms with Gasteiger partial charge in [-0.05, 0) is 0 Å². The maximum Gasteiger partial charge on any atom is 0.420 e. The fourth-order valence-electron chi connectivity index (χ4n) is 0.291. The quantitative estimate of drug-likeness (QED) is 0.335. The zero-order chi connectivity index (χ0) is 7.28. The number of carboxylic acid groups (broad SMARTS) is 1. The van der Waals surface area contributed by atoms with Crippen molar-refractivity contribution in [1.82, 2.24) is 4.90 Å². The molecule has 0 aromatic carbocycles. The summed E-state index contributed by atoms with van der Waals surface area (Å²) in [6.07, 6.45) is 1.56. The first-order chi connectivity index (χ1) is 4.22. The minimum atomic E-state index is -1.25. The molecule has 0 unspecified atom stereocenters. The van der Waals surface area contributed by atoms with E-state index in [0.29, 0.717) is 4.90 Å². The topological polar surface area (TPSA) is 64.3 Å². The first-order valence-electron chi connectivity index (χ1n) is 2.23. The van der Waals surface area contributed by atoms with Crippen molar-refractivity contribution < 1.29 is 9.90 Å². The predicted molar refractivity (Wildman–Crippen MR) is 30.5 cm³/mol. The average molecular weight is 126 g/mol. The van der Waals surface area contributed by atoms with Gasteiger partial charge in [0.05, 0.1) is 6.54 Å². The van der Waals surface area contributed by atoms with Crippen molar-refractivity contribution in [3.63, 3.8) is 0 Å². The lowest BCUT2D eigenvalue weighted by molar-refractivity contribution is 0.169. The molecule has 0 aromatic heterocycles. The maximum absolute atomic E-state index is 9.98. The Morgan fingerprint density at radius 1 is 2.00 bits per heavy atom. The van der Waals surface area contributed by atoms with E-state index in [-0.39, 0.29) is 6.54 Å². The van der Waals surface area contributed by atoms with E-state index >= 15 is 0 Å². The van der Waals surface area contributed by atoms with Gasteiger partial charge in [-0.2, -0.15) is 5.26 Å². The zero-order valence-electron chi connectivity index (χ0n) is 4.74. The van der Waals surface area contributed by atoms with Crippen LogP contribution in [0.5, 0.6) is 0 Å². The third-order valence-corrected chi connectivity index (χ3v) is 0.663. The summed E-state index contributed by atoms with van der Waals surface area (Å²) < 4.78 is 0. The summed E-state index contributed by atoms with van der Waals surface area (Å²) in [5, 5.41) is 16.2. The Morgan fingerprint density at radius 3 is 2.67 bits per heavy atom. The molecule has 0 aliphatic carbocycles. The minimum Gasteiger partial charge on any atom is -0.464 e. The Kier molecular flexibility index (Phi) is 2.91. The largest absolute Gasteiger partial charge is 0.464 e. The number of hydrogen-bond donors (Lipinski definition) is 1. The summed E-state index contributed by atoms with van der Waals surface area (Å²) in [5.74, 6) is 0. The van der Waals surface area contributed by atoms with E-state index in [0.717, 1.165) is 0 Å². The summed E-state index contributed by atoms with van der Waals surface area (Å²) in [6.45, 7) is 3.32. The van der Waals surface area contributed by atoms with E-state index in [1.807, 2.05) is 0 Å². The van der Waals surface area contributed by atoms with Crippen molar-refractivity contribution in [3.8, 4) is 6.19 Å². The number of rotatable bonds is 2. The summed E-state index contributed by atoms with van der Waals surface area (Å²) >= 11 is 0. The zero-order valence-corrected chi connectivity index (χ0v) is 4.74. The third kappa shape index (κ3) is 2.34. The van der Waals surface area contributed by atoms with Crippen LogP contribution in [0.4, 0.5) is 4.79 Å².